The normalized spacial score (nSPS) is 14.1. The summed E-state index contributed by atoms with van der Waals surface area (Å²) >= 11 is 0. The highest BCUT2D eigenvalue weighted by atomic mass is 16.3. The van der Waals surface area contributed by atoms with Crippen LogP contribution in [-0.2, 0) is 0 Å². The fourth-order valence-electron chi connectivity index (χ4n) is 3.71. The maximum absolute atomic E-state index is 12.9. The van der Waals surface area contributed by atoms with Gasteiger partial charge in [0.1, 0.15) is 29.4 Å². The van der Waals surface area contributed by atoms with Crippen LogP contribution in [0.4, 0.5) is 17.5 Å². The Balaban J connectivity index is 1.24. The number of nitrogens with one attached hydrogen (secondary N) is 1. The van der Waals surface area contributed by atoms with E-state index in [1.165, 1.54) is 0 Å². The highest BCUT2D eigenvalue weighted by Gasteiger charge is 2.25. The second-order valence-corrected chi connectivity index (χ2v) is 7.53. The van der Waals surface area contributed by atoms with Crippen LogP contribution in [0.25, 0.3) is 11.0 Å². The first kappa shape index (κ1) is 19.0. The van der Waals surface area contributed by atoms with E-state index in [0.29, 0.717) is 37.8 Å². The van der Waals surface area contributed by atoms with Crippen LogP contribution in [0.3, 0.4) is 0 Å². The zero-order chi connectivity index (χ0) is 21.2. The number of benzene rings is 1. The van der Waals surface area contributed by atoms with E-state index < -0.39 is 0 Å². The lowest BCUT2D eigenvalue weighted by Crippen LogP contribution is -2.49. The van der Waals surface area contributed by atoms with Crippen molar-refractivity contribution in [2.75, 3.05) is 36.4 Å². The van der Waals surface area contributed by atoms with E-state index in [0.717, 1.165) is 28.2 Å². The molecule has 0 atom stereocenters. The van der Waals surface area contributed by atoms with E-state index in [4.69, 9.17) is 4.42 Å². The van der Waals surface area contributed by atoms with Gasteiger partial charge in [-0.2, -0.15) is 0 Å². The number of aromatic nitrogens is 3. The number of fused-ring (bicyclic) bond motifs is 1. The Hall–Kier alpha value is -3.94. The lowest BCUT2D eigenvalue weighted by Gasteiger charge is -2.35. The average molecular weight is 414 g/mol. The number of para-hydroxylation sites is 1. The Morgan fingerprint density at radius 2 is 1.77 bits per heavy atom. The van der Waals surface area contributed by atoms with Gasteiger partial charge in [0.05, 0.1) is 0 Å². The molecule has 0 radical (unpaired) electrons. The third-order valence-corrected chi connectivity index (χ3v) is 5.35. The number of furan rings is 1. The molecule has 1 aliphatic heterocycles. The number of piperazine rings is 1. The summed E-state index contributed by atoms with van der Waals surface area (Å²) in [7, 11) is 0. The molecule has 4 aromatic rings. The Bertz CT molecular complexity index is 1200. The van der Waals surface area contributed by atoms with Gasteiger partial charge in [-0.15, -0.1) is 0 Å². The number of amides is 1. The monoisotopic (exact) mass is 414 g/mol. The van der Waals surface area contributed by atoms with Gasteiger partial charge >= 0.3 is 0 Å². The molecule has 1 aliphatic rings. The number of carbonyl (C=O) groups is 1. The number of anilines is 3. The van der Waals surface area contributed by atoms with Gasteiger partial charge in [-0.05, 0) is 36.8 Å². The van der Waals surface area contributed by atoms with E-state index in [1.54, 1.807) is 12.5 Å². The first-order chi connectivity index (χ1) is 15.2. The lowest BCUT2D eigenvalue weighted by atomic mass is 10.2. The van der Waals surface area contributed by atoms with E-state index in [2.05, 4.69) is 25.2 Å². The quantitative estimate of drug-likeness (QED) is 0.546. The van der Waals surface area contributed by atoms with Gasteiger partial charge in [0.2, 0.25) is 0 Å². The predicted octanol–water partition coefficient (Wildman–Crippen LogP) is 3.63. The number of hydrogen-bond acceptors (Lipinski definition) is 7. The number of hydrogen-bond donors (Lipinski definition) is 1. The van der Waals surface area contributed by atoms with Crippen molar-refractivity contribution in [3.63, 3.8) is 0 Å². The summed E-state index contributed by atoms with van der Waals surface area (Å²) in [5.41, 5.74) is 1.85. The van der Waals surface area contributed by atoms with E-state index in [1.807, 2.05) is 60.4 Å². The zero-order valence-corrected chi connectivity index (χ0v) is 17.2. The summed E-state index contributed by atoms with van der Waals surface area (Å²) in [6.07, 6.45) is 3.30. The summed E-state index contributed by atoms with van der Waals surface area (Å²) < 4.78 is 5.74. The molecule has 1 amide bonds. The first-order valence-electron chi connectivity index (χ1n) is 10.2. The second-order valence-electron chi connectivity index (χ2n) is 7.53. The van der Waals surface area contributed by atoms with E-state index in [9.17, 15) is 4.79 Å². The van der Waals surface area contributed by atoms with Gasteiger partial charge in [-0.25, -0.2) is 15.0 Å². The summed E-state index contributed by atoms with van der Waals surface area (Å²) in [5.74, 6) is 2.55. The minimum atomic E-state index is -0.0774. The summed E-state index contributed by atoms with van der Waals surface area (Å²) in [6.45, 7) is 4.59. The fraction of sp³-hybridized carbons (Fsp3) is 0.217. The Morgan fingerprint density at radius 3 is 2.58 bits per heavy atom. The van der Waals surface area contributed by atoms with Crippen molar-refractivity contribution in [3.05, 3.63) is 72.4 Å². The SMILES string of the molecule is Cc1ccnc(Nc2cc(N3CCN(C(=O)c4cc5ccccc5o4)CC3)ncn2)c1. The maximum Gasteiger partial charge on any atom is 0.289 e. The summed E-state index contributed by atoms with van der Waals surface area (Å²) in [6, 6.07) is 15.3. The van der Waals surface area contributed by atoms with Crippen molar-refractivity contribution in [3.8, 4) is 0 Å². The van der Waals surface area contributed by atoms with E-state index >= 15 is 0 Å². The van der Waals surface area contributed by atoms with Crippen LogP contribution in [0.15, 0.2) is 65.5 Å². The maximum atomic E-state index is 12.9. The Morgan fingerprint density at radius 1 is 0.968 bits per heavy atom. The molecule has 0 spiro atoms. The third kappa shape index (κ3) is 4.05. The summed E-state index contributed by atoms with van der Waals surface area (Å²) in [4.78, 5) is 29.9. The molecule has 1 fully saturated rings. The molecule has 1 N–H and O–H groups in total. The van der Waals surface area contributed by atoms with Gasteiger partial charge in [0.15, 0.2) is 5.76 Å². The number of carbonyl (C=O) groups excluding carboxylic acids is 1. The molecule has 8 nitrogen and oxygen atoms in total. The molecule has 0 saturated carbocycles. The molecular weight excluding hydrogens is 392 g/mol. The zero-order valence-electron chi connectivity index (χ0n) is 17.2. The largest absolute Gasteiger partial charge is 0.451 e. The smallest absolute Gasteiger partial charge is 0.289 e. The molecule has 8 heteroatoms. The van der Waals surface area contributed by atoms with Crippen molar-refractivity contribution < 1.29 is 9.21 Å². The van der Waals surface area contributed by atoms with Crippen LogP contribution in [-0.4, -0.2) is 51.9 Å². The Kier molecular flexibility index (Phi) is 4.95. The average Bonchev–Trinajstić information content (AvgIpc) is 3.23. The van der Waals surface area contributed by atoms with E-state index in [-0.39, 0.29) is 5.91 Å². The molecule has 4 heterocycles. The predicted molar refractivity (Wildman–Crippen MR) is 119 cm³/mol. The topological polar surface area (TPSA) is 87.4 Å². The molecule has 31 heavy (non-hydrogen) atoms. The number of aryl methyl sites for hydroxylation is 1. The molecule has 0 aliphatic carbocycles. The van der Waals surface area contributed by atoms with Gasteiger partial charge in [0, 0.05) is 43.8 Å². The van der Waals surface area contributed by atoms with Crippen molar-refractivity contribution in [1.82, 2.24) is 19.9 Å². The van der Waals surface area contributed by atoms with Crippen molar-refractivity contribution in [1.29, 1.82) is 0 Å². The first-order valence-corrected chi connectivity index (χ1v) is 10.2. The molecular formula is C23H22N6O2. The molecule has 1 saturated heterocycles. The van der Waals surface area contributed by atoms with Crippen LogP contribution >= 0.6 is 0 Å². The number of rotatable bonds is 4. The summed E-state index contributed by atoms with van der Waals surface area (Å²) in [5, 5.41) is 4.16. The van der Waals surface area contributed by atoms with Crippen LogP contribution in [0.1, 0.15) is 16.1 Å². The third-order valence-electron chi connectivity index (χ3n) is 5.35. The Labute approximate surface area is 179 Å². The van der Waals surface area contributed by atoms with Crippen LogP contribution < -0.4 is 10.2 Å². The lowest BCUT2D eigenvalue weighted by molar-refractivity contribution is 0.0717. The minimum absolute atomic E-state index is 0.0774. The molecule has 3 aromatic heterocycles. The number of pyridine rings is 1. The molecule has 1 aromatic carbocycles. The van der Waals surface area contributed by atoms with Crippen molar-refractivity contribution in [2.24, 2.45) is 0 Å². The van der Waals surface area contributed by atoms with Gasteiger partial charge in [-0.3, -0.25) is 4.79 Å². The molecule has 156 valence electrons. The van der Waals surface area contributed by atoms with Gasteiger partial charge in [0.25, 0.3) is 5.91 Å². The fourth-order valence-corrected chi connectivity index (χ4v) is 3.71. The second kappa shape index (κ2) is 8.06. The molecule has 5 rings (SSSR count). The van der Waals surface area contributed by atoms with Gasteiger partial charge < -0.3 is 19.5 Å². The van der Waals surface area contributed by atoms with Crippen LogP contribution in [0.5, 0.6) is 0 Å². The van der Waals surface area contributed by atoms with Crippen LogP contribution in [0, 0.1) is 6.92 Å². The van der Waals surface area contributed by atoms with Gasteiger partial charge in [-0.1, -0.05) is 18.2 Å². The minimum Gasteiger partial charge on any atom is -0.451 e. The van der Waals surface area contributed by atoms with Crippen molar-refractivity contribution >= 4 is 34.3 Å². The van der Waals surface area contributed by atoms with Crippen molar-refractivity contribution in [2.45, 2.75) is 6.92 Å². The highest BCUT2D eigenvalue weighted by Crippen LogP contribution is 2.22. The number of nitrogens with zero attached hydrogens (tertiary/aromatic N) is 5. The molecule has 0 bridgehead atoms. The highest BCUT2D eigenvalue weighted by molar-refractivity contribution is 5.96. The molecule has 0 unspecified atom stereocenters. The van der Waals surface area contributed by atoms with Crippen LogP contribution in [0.2, 0.25) is 0 Å². The standard InChI is InChI=1S/C23H22N6O2/c1-16-6-7-24-20(12-16)27-21-14-22(26-15-25-21)28-8-10-29(11-9-28)23(30)19-13-17-4-2-3-5-18(17)31-19/h2-7,12-15H,8-11H2,1H3,(H,24,25,26,27).